The molecule has 120 valence electrons. The summed E-state index contributed by atoms with van der Waals surface area (Å²) >= 11 is 0. The van der Waals surface area contributed by atoms with Gasteiger partial charge in [0.1, 0.15) is 5.69 Å². The summed E-state index contributed by atoms with van der Waals surface area (Å²) in [5, 5.41) is 9.80. The number of aromatic nitrogens is 4. The molecule has 1 amide bonds. The molecular formula is C18H17N5O. The average Bonchev–Trinajstić information content (AvgIpc) is 3.35. The monoisotopic (exact) mass is 319 g/mol. The number of nitrogens with zero attached hydrogens (tertiary/aromatic N) is 3. The van der Waals surface area contributed by atoms with Crippen LogP contribution in [0.2, 0.25) is 0 Å². The molecule has 6 heteroatoms. The topological polar surface area (TPSA) is 83.6 Å². The number of H-pyrrole nitrogens is 1. The van der Waals surface area contributed by atoms with Gasteiger partial charge in [-0.05, 0) is 43.5 Å². The Morgan fingerprint density at radius 1 is 1.25 bits per heavy atom. The molecular weight excluding hydrogens is 302 g/mol. The second kappa shape index (κ2) is 5.88. The number of hydrogen-bond acceptors (Lipinski definition) is 4. The van der Waals surface area contributed by atoms with Crippen LogP contribution in [0.25, 0.3) is 11.4 Å². The van der Waals surface area contributed by atoms with Crippen molar-refractivity contribution in [2.24, 2.45) is 0 Å². The number of hydrogen-bond donors (Lipinski definition) is 2. The fourth-order valence-electron chi connectivity index (χ4n) is 2.69. The molecule has 0 aliphatic heterocycles. The summed E-state index contributed by atoms with van der Waals surface area (Å²) in [6.07, 6.45) is 7.34. The van der Waals surface area contributed by atoms with Gasteiger partial charge in [0.15, 0.2) is 0 Å². The Bertz CT molecular complexity index is 883. The summed E-state index contributed by atoms with van der Waals surface area (Å²) in [7, 11) is 0. The van der Waals surface area contributed by atoms with E-state index < -0.39 is 0 Å². The Morgan fingerprint density at radius 3 is 2.83 bits per heavy atom. The van der Waals surface area contributed by atoms with Crippen molar-refractivity contribution < 1.29 is 4.79 Å². The minimum Gasteiger partial charge on any atom is -0.319 e. The molecule has 3 heterocycles. The van der Waals surface area contributed by atoms with Crippen LogP contribution in [0.5, 0.6) is 0 Å². The maximum atomic E-state index is 12.6. The number of aryl methyl sites for hydroxylation is 1. The van der Waals surface area contributed by atoms with Crippen LogP contribution >= 0.6 is 0 Å². The first-order valence-electron chi connectivity index (χ1n) is 7.95. The predicted octanol–water partition coefficient (Wildman–Crippen LogP) is 3.30. The van der Waals surface area contributed by atoms with Crippen molar-refractivity contribution in [3.8, 4) is 11.4 Å². The zero-order valence-electron chi connectivity index (χ0n) is 13.3. The lowest BCUT2D eigenvalue weighted by Crippen LogP contribution is -2.14. The second-order valence-electron chi connectivity index (χ2n) is 6.03. The lowest BCUT2D eigenvalue weighted by molar-refractivity contribution is 0.102. The Morgan fingerprint density at radius 2 is 2.12 bits per heavy atom. The van der Waals surface area contributed by atoms with Gasteiger partial charge in [-0.15, -0.1) is 0 Å². The second-order valence-corrected chi connectivity index (χ2v) is 6.03. The maximum absolute atomic E-state index is 12.6. The number of carbonyl (C=O) groups excluding carboxylic acids is 1. The standard InChI is InChI=1S/C18H17N5O/c1-11-8-15(12-5-6-12)20-9-13(11)18(24)22-16-10-21-23-17(16)14-4-2-3-7-19-14/h2-4,7-10,12H,5-6H2,1H3,(H,21,23)(H,22,24). The largest absolute Gasteiger partial charge is 0.319 e. The number of amides is 1. The van der Waals surface area contributed by atoms with Gasteiger partial charge in [-0.25, -0.2) is 0 Å². The molecule has 0 atom stereocenters. The van der Waals surface area contributed by atoms with E-state index in [-0.39, 0.29) is 5.91 Å². The molecule has 4 rings (SSSR count). The van der Waals surface area contributed by atoms with Gasteiger partial charge in [-0.3, -0.25) is 19.9 Å². The smallest absolute Gasteiger partial charge is 0.257 e. The zero-order valence-corrected chi connectivity index (χ0v) is 13.3. The van der Waals surface area contributed by atoms with Gasteiger partial charge in [0.2, 0.25) is 0 Å². The number of pyridine rings is 2. The van der Waals surface area contributed by atoms with E-state index >= 15 is 0 Å². The minimum atomic E-state index is -0.194. The number of carbonyl (C=O) groups is 1. The summed E-state index contributed by atoms with van der Waals surface area (Å²) in [6, 6.07) is 7.61. The third-order valence-corrected chi connectivity index (χ3v) is 4.18. The summed E-state index contributed by atoms with van der Waals surface area (Å²) in [5.74, 6) is 0.381. The van der Waals surface area contributed by atoms with Crippen LogP contribution in [0.3, 0.4) is 0 Å². The fraction of sp³-hybridized carbons (Fsp3) is 0.222. The zero-order chi connectivity index (χ0) is 16.5. The molecule has 2 N–H and O–H groups in total. The lowest BCUT2D eigenvalue weighted by Gasteiger charge is -2.09. The summed E-state index contributed by atoms with van der Waals surface area (Å²) in [4.78, 5) is 21.3. The summed E-state index contributed by atoms with van der Waals surface area (Å²) in [5.41, 5.74) is 4.61. The Labute approximate surface area is 139 Å². The van der Waals surface area contributed by atoms with E-state index in [1.807, 2.05) is 31.2 Å². The van der Waals surface area contributed by atoms with Crippen LogP contribution in [0.4, 0.5) is 5.69 Å². The third kappa shape index (κ3) is 2.78. The normalized spacial score (nSPS) is 13.7. The highest BCUT2D eigenvalue weighted by molar-refractivity contribution is 6.06. The van der Waals surface area contributed by atoms with Crippen LogP contribution in [0, 0.1) is 6.92 Å². The summed E-state index contributed by atoms with van der Waals surface area (Å²) in [6.45, 7) is 1.94. The van der Waals surface area contributed by atoms with Crippen molar-refractivity contribution in [2.75, 3.05) is 5.32 Å². The van der Waals surface area contributed by atoms with Crippen molar-refractivity contribution in [1.29, 1.82) is 0 Å². The van der Waals surface area contributed by atoms with Gasteiger partial charge in [0, 0.05) is 24.0 Å². The van der Waals surface area contributed by atoms with Crippen molar-refractivity contribution >= 4 is 11.6 Å². The fourth-order valence-corrected chi connectivity index (χ4v) is 2.69. The van der Waals surface area contributed by atoms with Gasteiger partial charge in [0.25, 0.3) is 5.91 Å². The molecule has 0 radical (unpaired) electrons. The minimum absolute atomic E-state index is 0.194. The summed E-state index contributed by atoms with van der Waals surface area (Å²) < 4.78 is 0. The molecule has 0 spiro atoms. The SMILES string of the molecule is Cc1cc(C2CC2)ncc1C(=O)Nc1cn[nH]c1-c1ccccn1. The van der Waals surface area contributed by atoms with Crippen molar-refractivity contribution in [3.63, 3.8) is 0 Å². The van der Waals surface area contributed by atoms with Crippen LogP contribution in [-0.2, 0) is 0 Å². The highest BCUT2D eigenvalue weighted by Gasteiger charge is 2.26. The molecule has 0 aromatic carbocycles. The first kappa shape index (κ1) is 14.6. The van der Waals surface area contributed by atoms with Gasteiger partial charge < -0.3 is 5.32 Å². The molecule has 1 saturated carbocycles. The van der Waals surface area contributed by atoms with Gasteiger partial charge >= 0.3 is 0 Å². The number of anilines is 1. The number of nitrogens with one attached hydrogen (secondary N) is 2. The van der Waals surface area contributed by atoms with Crippen LogP contribution in [-0.4, -0.2) is 26.1 Å². The molecule has 3 aromatic rings. The number of aromatic amines is 1. The van der Waals surface area contributed by atoms with E-state index in [9.17, 15) is 4.79 Å². The third-order valence-electron chi connectivity index (χ3n) is 4.18. The van der Waals surface area contributed by atoms with Gasteiger partial charge in [-0.2, -0.15) is 5.10 Å². The van der Waals surface area contributed by atoms with Gasteiger partial charge in [-0.1, -0.05) is 6.07 Å². The van der Waals surface area contributed by atoms with E-state index in [1.54, 1.807) is 18.6 Å². The first-order chi connectivity index (χ1) is 11.7. The van der Waals surface area contributed by atoms with E-state index in [0.717, 1.165) is 17.0 Å². The first-order valence-corrected chi connectivity index (χ1v) is 7.95. The molecule has 0 unspecified atom stereocenters. The average molecular weight is 319 g/mol. The quantitative estimate of drug-likeness (QED) is 0.773. The highest BCUT2D eigenvalue weighted by Crippen LogP contribution is 2.39. The van der Waals surface area contributed by atoms with E-state index in [2.05, 4.69) is 25.5 Å². The van der Waals surface area contributed by atoms with Crippen LogP contribution in [0.15, 0.2) is 42.9 Å². The molecule has 1 aliphatic carbocycles. The molecule has 1 aliphatic rings. The van der Waals surface area contributed by atoms with Crippen molar-refractivity contribution in [1.82, 2.24) is 20.2 Å². The molecule has 24 heavy (non-hydrogen) atoms. The Hall–Kier alpha value is -3.02. The molecule has 6 nitrogen and oxygen atoms in total. The highest BCUT2D eigenvalue weighted by atomic mass is 16.1. The van der Waals surface area contributed by atoms with E-state index in [1.165, 1.54) is 12.8 Å². The maximum Gasteiger partial charge on any atom is 0.257 e. The molecule has 0 saturated heterocycles. The van der Waals surface area contributed by atoms with E-state index in [0.29, 0.717) is 22.9 Å². The van der Waals surface area contributed by atoms with E-state index in [4.69, 9.17) is 0 Å². The van der Waals surface area contributed by atoms with Gasteiger partial charge in [0.05, 0.1) is 23.1 Å². The van der Waals surface area contributed by atoms with Crippen molar-refractivity contribution in [3.05, 3.63) is 59.7 Å². The van der Waals surface area contributed by atoms with Crippen molar-refractivity contribution in [2.45, 2.75) is 25.7 Å². The number of rotatable bonds is 4. The molecule has 0 bridgehead atoms. The lowest BCUT2D eigenvalue weighted by atomic mass is 10.1. The van der Waals surface area contributed by atoms with Crippen LogP contribution < -0.4 is 5.32 Å². The molecule has 1 fully saturated rings. The molecule has 3 aromatic heterocycles. The predicted molar refractivity (Wildman–Crippen MR) is 90.7 cm³/mol. The van der Waals surface area contributed by atoms with Crippen LogP contribution in [0.1, 0.15) is 40.4 Å². The Kier molecular flexibility index (Phi) is 3.57. The Balaban J connectivity index is 1.58.